The number of imidazole rings is 1. The summed E-state index contributed by atoms with van der Waals surface area (Å²) in [6, 6.07) is 19.0. The maximum Gasteiger partial charge on any atom is 0.107 e. The van der Waals surface area contributed by atoms with Crippen molar-refractivity contribution in [1.29, 1.82) is 0 Å². The molecule has 4 nitrogen and oxygen atoms in total. The number of piperazine rings is 1. The Morgan fingerprint density at radius 3 is 2.42 bits per heavy atom. The Kier molecular flexibility index (Phi) is 4.47. The van der Waals surface area contributed by atoms with E-state index in [0.717, 1.165) is 62.4 Å². The predicted molar refractivity (Wildman–Crippen MR) is 99.5 cm³/mol. The molecule has 0 radical (unpaired) electrons. The quantitative estimate of drug-likeness (QED) is 0.783. The highest BCUT2D eigenvalue weighted by Crippen LogP contribution is 2.16. The number of hydrogen-bond donors (Lipinski definition) is 1. The van der Waals surface area contributed by atoms with Crippen LogP contribution in [0.1, 0.15) is 12.2 Å². The summed E-state index contributed by atoms with van der Waals surface area (Å²) in [5, 5.41) is 0. The highest BCUT2D eigenvalue weighted by molar-refractivity contribution is 5.74. The molecule has 0 saturated carbocycles. The van der Waals surface area contributed by atoms with Crippen molar-refractivity contribution in [2.75, 3.05) is 37.6 Å². The Hall–Kier alpha value is -2.33. The van der Waals surface area contributed by atoms with E-state index in [0.29, 0.717) is 0 Å². The number of aromatic amines is 1. The summed E-state index contributed by atoms with van der Waals surface area (Å²) >= 11 is 0. The largest absolute Gasteiger partial charge is 0.369 e. The number of fused-ring (bicyclic) bond motifs is 1. The lowest BCUT2D eigenvalue weighted by atomic mass is 10.2. The first-order chi connectivity index (χ1) is 11.9. The monoisotopic (exact) mass is 320 g/mol. The van der Waals surface area contributed by atoms with Gasteiger partial charge >= 0.3 is 0 Å². The first-order valence-electron chi connectivity index (χ1n) is 8.84. The van der Waals surface area contributed by atoms with Crippen molar-refractivity contribution in [1.82, 2.24) is 14.9 Å². The number of aryl methyl sites for hydroxylation is 1. The molecule has 2 heterocycles. The first kappa shape index (κ1) is 15.2. The second-order valence-corrected chi connectivity index (χ2v) is 6.47. The molecule has 0 bridgehead atoms. The van der Waals surface area contributed by atoms with Gasteiger partial charge in [-0.25, -0.2) is 4.98 Å². The molecule has 0 amide bonds. The van der Waals surface area contributed by atoms with Gasteiger partial charge in [-0.1, -0.05) is 30.3 Å². The zero-order valence-electron chi connectivity index (χ0n) is 14.0. The molecule has 1 aliphatic heterocycles. The minimum atomic E-state index is 1.02. The van der Waals surface area contributed by atoms with Crippen molar-refractivity contribution in [2.24, 2.45) is 0 Å². The van der Waals surface area contributed by atoms with E-state index in [1.807, 2.05) is 6.07 Å². The van der Waals surface area contributed by atoms with Gasteiger partial charge in [0.1, 0.15) is 5.82 Å². The Bertz CT molecular complexity index is 739. The number of anilines is 1. The maximum atomic E-state index is 4.66. The number of hydrogen-bond acceptors (Lipinski definition) is 3. The van der Waals surface area contributed by atoms with Crippen LogP contribution < -0.4 is 4.90 Å². The summed E-state index contributed by atoms with van der Waals surface area (Å²) in [5.74, 6) is 1.11. The summed E-state index contributed by atoms with van der Waals surface area (Å²) in [6.45, 7) is 5.69. The Balaban J connectivity index is 1.24. The molecule has 124 valence electrons. The molecule has 1 aliphatic rings. The summed E-state index contributed by atoms with van der Waals surface area (Å²) in [5.41, 5.74) is 3.56. The average molecular weight is 320 g/mol. The van der Waals surface area contributed by atoms with Crippen LogP contribution in [-0.4, -0.2) is 47.6 Å². The summed E-state index contributed by atoms with van der Waals surface area (Å²) in [4.78, 5) is 13.1. The van der Waals surface area contributed by atoms with E-state index in [1.54, 1.807) is 0 Å². The molecule has 4 rings (SSSR count). The third-order valence-corrected chi connectivity index (χ3v) is 4.82. The van der Waals surface area contributed by atoms with Crippen LogP contribution in [0.5, 0.6) is 0 Å². The fraction of sp³-hybridized carbons (Fsp3) is 0.350. The summed E-state index contributed by atoms with van der Waals surface area (Å²) in [6.07, 6.45) is 2.18. The van der Waals surface area contributed by atoms with Crippen LogP contribution in [0.4, 0.5) is 5.69 Å². The van der Waals surface area contributed by atoms with Gasteiger partial charge in [0, 0.05) is 38.3 Å². The molecule has 1 saturated heterocycles. The molecule has 0 atom stereocenters. The van der Waals surface area contributed by atoms with Crippen molar-refractivity contribution < 1.29 is 0 Å². The zero-order valence-corrected chi connectivity index (χ0v) is 14.0. The van der Waals surface area contributed by atoms with Gasteiger partial charge in [0.15, 0.2) is 0 Å². The fourth-order valence-electron chi connectivity index (χ4n) is 3.46. The standard InChI is InChI=1S/C20H24N4/c1-2-7-17(8-3-1)24-15-13-23(14-16-24)12-6-11-20-21-18-9-4-5-10-19(18)22-20/h1-5,7-10H,6,11-16H2,(H,21,22). The van der Waals surface area contributed by atoms with Crippen molar-refractivity contribution in [3.05, 3.63) is 60.4 Å². The van der Waals surface area contributed by atoms with Crippen LogP contribution >= 0.6 is 0 Å². The lowest BCUT2D eigenvalue weighted by molar-refractivity contribution is 0.254. The Labute approximate surface area is 143 Å². The summed E-state index contributed by atoms with van der Waals surface area (Å²) < 4.78 is 0. The number of rotatable bonds is 5. The number of nitrogens with zero attached hydrogens (tertiary/aromatic N) is 3. The molecule has 1 N–H and O–H groups in total. The van der Waals surface area contributed by atoms with E-state index >= 15 is 0 Å². The van der Waals surface area contributed by atoms with Gasteiger partial charge in [-0.2, -0.15) is 0 Å². The van der Waals surface area contributed by atoms with Gasteiger partial charge in [0.2, 0.25) is 0 Å². The second kappa shape index (κ2) is 7.05. The van der Waals surface area contributed by atoms with E-state index in [-0.39, 0.29) is 0 Å². The van der Waals surface area contributed by atoms with Crippen LogP contribution in [0.2, 0.25) is 0 Å². The van der Waals surface area contributed by atoms with Gasteiger partial charge in [-0.3, -0.25) is 4.90 Å². The van der Waals surface area contributed by atoms with Crippen LogP contribution in [0.25, 0.3) is 11.0 Å². The van der Waals surface area contributed by atoms with E-state index in [4.69, 9.17) is 0 Å². The van der Waals surface area contributed by atoms with Crippen LogP contribution in [0.3, 0.4) is 0 Å². The molecular formula is C20H24N4. The van der Waals surface area contributed by atoms with Crippen LogP contribution in [0.15, 0.2) is 54.6 Å². The topological polar surface area (TPSA) is 35.2 Å². The normalized spacial score (nSPS) is 15.9. The van der Waals surface area contributed by atoms with Gasteiger partial charge in [0.05, 0.1) is 11.0 Å². The lowest BCUT2D eigenvalue weighted by Crippen LogP contribution is -2.46. The molecule has 0 aliphatic carbocycles. The minimum Gasteiger partial charge on any atom is -0.369 e. The van der Waals surface area contributed by atoms with E-state index in [2.05, 4.69) is 68.3 Å². The Morgan fingerprint density at radius 1 is 0.875 bits per heavy atom. The second-order valence-electron chi connectivity index (χ2n) is 6.47. The fourth-order valence-corrected chi connectivity index (χ4v) is 3.46. The molecular weight excluding hydrogens is 296 g/mol. The average Bonchev–Trinajstić information content (AvgIpc) is 3.06. The van der Waals surface area contributed by atoms with Gasteiger partial charge in [0.25, 0.3) is 0 Å². The third-order valence-electron chi connectivity index (χ3n) is 4.82. The number of benzene rings is 2. The van der Waals surface area contributed by atoms with Gasteiger partial charge in [-0.05, 0) is 37.2 Å². The number of para-hydroxylation sites is 3. The number of nitrogens with one attached hydrogen (secondary N) is 1. The van der Waals surface area contributed by atoms with Crippen molar-refractivity contribution in [3.8, 4) is 0 Å². The van der Waals surface area contributed by atoms with E-state index in [1.165, 1.54) is 5.69 Å². The molecule has 1 aromatic heterocycles. The molecule has 3 aromatic rings. The highest BCUT2D eigenvalue weighted by atomic mass is 15.3. The SMILES string of the molecule is c1ccc(N2CCN(CCCc3nc4ccccc4[nH]3)CC2)cc1. The predicted octanol–water partition coefficient (Wildman–Crippen LogP) is 3.32. The number of aromatic nitrogens is 2. The first-order valence-corrected chi connectivity index (χ1v) is 8.84. The molecule has 4 heteroatoms. The third kappa shape index (κ3) is 3.44. The molecule has 0 unspecified atom stereocenters. The van der Waals surface area contributed by atoms with Crippen LogP contribution in [0, 0.1) is 0 Å². The Morgan fingerprint density at radius 2 is 1.62 bits per heavy atom. The molecule has 0 spiro atoms. The molecule has 1 fully saturated rings. The smallest absolute Gasteiger partial charge is 0.107 e. The zero-order chi connectivity index (χ0) is 16.2. The van der Waals surface area contributed by atoms with E-state index in [9.17, 15) is 0 Å². The van der Waals surface area contributed by atoms with E-state index < -0.39 is 0 Å². The minimum absolute atomic E-state index is 1.02. The van der Waals surface area contributed by atoms with Gasteiger partial charge in [-0.15, -0.1) is 0 Å². The van der Waals surface area contributed by atoms with Crippen molar-refractivity contribution in [2.45, 2.75) is 12.8 Å². The number of H-pyrrole nitrogens is 1. The van der Waals surface area contributed by atoms with Gasteiger partial charge < -0.3 is 9.88 Å². The molecule has 2 aromatic carbocycles. The van der Waals surface area contributed by atoms with Crippen molar-refractivity contribution in [3.63, 3.8) is 0 Å². The lowest BCUT2D eigenvalue weighted by Gasteiger charge is -2.36. The highest BCUT2D eigenvalue weighted by Gasteiger charge is 2.16. The molecule has 24 heavy (non-hydrogen) atoms. The maximum absolute atomic E-state index is 4.66. The summed E-state index contributed by atoms with van der Waals surface area (Å²) in [7, 11) is 0. The van der Waals surface area contributed by atoms with Crippen LogP contribution in [-0.2, 0) is 6.42 Å². The van der Waals surface area contributed by atoms with Crippen molar-refractivity contribution >= 4 is 16.7 Å².